The van der Waals surface area contributed by atoms with Gasteiger partial charge in [-0.2, -0.15) is 0 Å². The maximum atomic E-state index is 12.7. The Morgan fingerprint density at radius 2 is 1.50 bits per heavy atom. The molecule has 82 valence electrons. The quantitative estimate of drug-likeness (QED) is 0.326. The molecule has 0 heterocycles. The normalized spacial score (nSPS) is 9.50. The summed E-state index contributed by atoms with van der Waals surface area (Å²) in [5.74, 6) is -7.37. The van der Waals surface area contributed by atoms with E-state index in [2.05, 4.69) is 4.74 Å². The van der Waals surface area contributed by atoms with E-state index in [4.69, 9.17) is 0 Å². The van der Waals surface area contributed by atoms with Gasteiger partial charge < -0.3 is 4.74 Å². The molecule has 1 aromatic carbocycles. The summed E-state index contributed by atoms with van der Waals surface area (Å²) in [6.07, 6.45) is 0. The molecule has 0 aliphatic heterocycles. The fourth-order valence-corrected chi connectivity index (χ4v) is 0.773. The number of ether oxygens (including phenoxy) is 1. The molecular formula is C8H5AuF4O. The van der Waals surface area contributed by atoms with Gasteiger partial charge in [-0.05, 0) is 6.92 Å². The summed E-state index contributed by atoms with van der Waals surface area (Å²) in [5, 5.41) is 0. The zero-order valence-electron chi connectivity index (χ0n) is 6.93. The first kappa shape index (κ1) is 13.5. The minimum atomic E-state index is -1.60. The van der Waals surface area contributed by atoms with Gasteiger partial charge in [0.25, 0.3) is 0 Å². The van der Waals surface area contributed by atoms with Gasteiger partial charge in [-0.25, -0.2) is 8.78 Å². The van der Waals surface area contributed by atoms with Gasteiger partial charge >= 0.3 is 22.4 Å². The Morgan fingerprint density at radius 1 is 1.07 bits per heavy atom. The van der Waals surface area contributed by atoms with Gasteiger partial charge in [-0.3, -0.25) is 8.78 Å². The molecule has 0 radical (unpaired) electrons. The van der Waals surface area contributed by atoms with Crippen molar-refractivity contribution in [3.63, 3.8) is 0 Å². The van der Waals surface area contributed by atoms with Crippen LogP contribution < -0.4 is 4.74 Å². The average Bonchev–Trinajstić information content (AvgIpc) is 2.09. The number of rotatable bonds is 2. The van der Waals surface area contributed by atoms with Crippen LogP contribution in [0.15, 0.2) is 0 Å². The van der Waals surface area contributed by atoms with Crippen LogP contribution in [0.25, 0.3) is 0 Å². The number of halogens is 4. The van der Waals surface area contributed by atoms with Gasteiger partial charge in [-0.15, -0.1) is 6.07 Å². The Bertz CT molecular complexity index is 303. The zero-order chi connectivity index (χ0) is 10.0. The first-order valence-electron chi connectivity index (χ1n) is 3.46. The van der Waals surface area contributed by atoms with Gasteiger partial charge in [0, 0.05) is 0 Å². The first-order chi connectivity index (χ1) is 6.07. The Kier molecular flexibility index (Phi) is 5.18. The largest absolute Gasteiger partial charge is 1.00 e. The van der Waals surface area contributed by atoms with Crippen molar-refractivity contribution in [3.05, 3.63) is 29.3 Å². The predicted octanol–water partition coefficient (Wildman–Crippen LogP) is 2.44. The SMILES string of the molecule is CCOc1c(F)c(F)[c-]c(F)c1F.[Au+]. The molecule has 1 rings (SSSR count). The molecule has 0 bridgehead atoms. The molecule has 0 saturated carbocycles. The Balaban J connectivity index is 0.00000169. The van der Waals surface area contributed by atoms with Gasteiger partial charge in [0.1, 0.15) is 0 Å². The molecule has 0 amide bonds. The third kappa shape index (κ3) is 2.50. The molecule has 0 aromatic heterocycles. The van der Waals surface area contributed by atoms with Gasteiger partial charge in [0.2, 0.25) is 0 Å². The van der Waals surface area contributed by atoms with E-state index in [9.17, 15) is 17.6 Å². The van der Waals surface area contributed by atoms with E-state index >= 15 is 0 Å². The van der Waals surface area contributed by atoms with Crippen molar-refractivity contribution >= 4 is 0 Å². The Hall–Kier alpha value is -0.520. The zero-order valence-corrected chi connectivity index (χ0v) is 9.10. The first-order valence-corrected chi connectivity index (χ1v) is 3.46. The van der Waals surface area contributed by atoms with Gasteiger partial charge in [-0.1, -0.05) is 0 Å². The standard InChI is InChI=1S/C8H5F4O.Au/c1-2-13-8-6(11)4(9)3-5(10)7(8)12;/h2H2,1H3;/q-1;+1. The molecule has 0 saturated heterocycles. The summed E-state index contributed by atoms with van der Waals surface area (Å²) in [4.78, 5) is 0. The number of hydrogen-bond acceptors (Lipinski definition) is 1. The van der Waals surface area contributed by atoms with Gasteiger partial charge in [0.15, 0.2) is 0 Å². The van der Waals surface area contributed by atoms with Crippen LogP contribution in [0.5, 0.6) is 5.75 Å². The van der Waals surface area contributed by atoms with E-state index < -0.39 is 29.0 Å². The Morgan fingerprint density at radius 3 is 1.86 bits per heavy atom. The monoisotopic (exact) mass is 390 g/mol. The smallest absolute Gasteiger partial charge is 0.513 e. The van der Waals surface area contributed by atoms with Crippen molar-refractivity contribution in [2.75, 3.05) is 6.61 Å². The molecule has 6 heteroatoms. The molecule has 0 atom stereocenters. The maximum absolute atomic E-state index is 12.7. The minimum Gasteiger partial charge on any atom is -0.513 e. The summed E-state index contributed by atoms with van der Waals surface area (Å²) in [7, 11) is 0. The molecule has 0 fully saturated rings. The van der Waals surface area contributed by atoms with E-state index in [1.165, 1.54) is 13.0 Å². The van der Waals surface area contributed by atoms with Crippen LogP contribution in [0.4, 0.5) is 17.6 Å². The molecule has 0 spiro atoms. The van der Waals surface area contributed by atoms with E-state index in [0.29, 0.717) is 0 Å². The second-order valence-corrected chi connectivity index (χ2v) is 2.14. The third-order valence-electron chi connectivity index (χ3n) is 1.29. The van der Waals surface area contributed by atoms with Crippen molar-refractivity contribution in [1.82, 2.24) is 0 Å². The van der Waals surface area contributed by atoms with E-state index in [0.717, 1.165) is 0 Å². The van der Waals surface area contributed by atoms with Crippen molar-refractivity contribution in [1.29, 1.82) is 0 Å². The van der Waals surface area contributed by atoms with Crippen LogP contribution in [0, 0.1) is 29.3 Å². The summed E-state index contributed by atoms with van der Waals surface area (Å²) < 4.78 is 54.6. The summed E-state index contributed by atoms with van der Waals surface area (Å²) in [5.41, 5.74) is 0. The van der Waals surface area contributed by atoms with Crippen molar-refractivity contribution < 1.29 is 44.7 Å². The molecule has 0 N–H and O–H groups in total. The van der Waals surface area contributed by atoms with Gasteiger partial charge in [0.05, 0.1) is 35.6 Å². The molecule has 0 unspecified atom stereocenters. The van der Waals surface area contributed by atoms with E-state index in [-0.39, 0.29) is 29.0 Å². The fraction of sp³-hybridized carbons (Fsp3) is 0.250. The van der Waals surface area contributed by atoms with Crippen LogP contribution in [0.2, 0.25) is 0 Å². The van der Waals surface area contributed by atoms with Crippen molar-refractivity contribution in [2.45, 2.75) is 6.92 Å². The topological polar surface area (TPSA) is 9.23 Å². The molecule has 0 aliphatic carbocycles. The molecule has 14 heavy (non-hydrogen) atoms. The molecule has 1 aromatic rings. The summed E-state index contributed by atoms with van der Waals surface area (Å²) in [6, 6.07) is 1.24. The van der Waals surface area contributed by atoms with E-state index in [1.807, 2.05) is 0 Å². The third-order valence-corrected chi connectivity index (χ3v) is 1.29. The minimum absolute atomic E-state index is 0. The van der Waals surface area contributed by atoms with Crippen LogP contribution >= 0.6 is 0 Å². The van der Waals surface area contributed by atoms with E-state index in [1.54, 1.807) is 0 Å². The van der Waals surface area contributed by atoms with Crippen LogP contribution in [0.1, 0.15) is 6.92 Å². The second kappa shape index (κ2) is 5.38. The number of benzene rings is 1. The molecule has 0 aliphatic rings. The summed E-state index contributed by atoms with van der Waals surface area (Å²) >= 11 is 0. The maximum Gasteiger partial charge on any atom is 1.00 e. The van der Waals surface area contributed by atoms with Crippen LogP contribution in [-0.4, -0.2) is 6.61 Å². The molecule has 1 nitrogen and oxygen atoms in total. The summed E-state index contributed by atoms with van der Waals surface area (Å²) in [6.45, 7) is 1.35. The average molecular weight is 390 g/mol. The predicted molar refractivity (Wildman–Crippen MR) is 36.3 cm³/mol. The fourth-order valence-electron chi connectivity index (χ4n) is 0.773. The molecular weight excluding hydrogens is 385 g/mol. The van der Waals surface area contributed by atoms with Crippen LogP contribution in [-0.2, 0) is 22.4 Å². The van der Waals surface area contributed by atoms with Crippen molar-refractivity contribution in [3.8, 4) is 5.75 Å². The second-order valence-electron chi connectivity index (χ2n) is 2.14. The van der Waals surface area contributed by atoms with Crippen molar-refractivity contribution in [2.24, 2.45) is 0 Å². The van der Waals surface area contributed by atoms with Crippen LogP contribution in [0.3, 0.4) is 0 Å². The number of hydrogen-bond donors (Lipinski definition) is 0. The Labute approximate surface area is 93.6 Å².